The first-order valence-corrected chi connectivity index (χ1v) is 4.80. The Bertz CT molecular complexity index is 292. The highest BCUT2D eigenvalue weighted by Gasteiger charge is 2.19. The number of aromatic amines is 1. The number of amides is 1. The highest BCUT2D eigenvalue weighted by Crippen LogP contribution is 2.07. The molecule has 1 aromatic rings. The first kappa shape index (κ1) is 9.21. The van der Waals surface area contributed by atoms with E-state index in [1.165, 1.54) is 0 Å². The third kappa shape index (κ3) is 2.32. The summed E-state index contributed by atoms with van der Waals surface area (Å²) in [4.78, 5) is 18.3. The maximum atomic E-state index is 11.4. The second kappa shape index (κ2) is 4.23. The minimum absolute atomic E-state index is 0.105. The van der Waals surface area contributed by atoms with Crippen LogP contribution in [0.3, 0.4) is 0 Å². The van der Waals surface area contributed by atoms with Crippen molar-refractivity contribution in [3.8, 4) is 0 Å². The highest BCUT2D eigenvalue weighted by atomic mass is 16.1. The van der Waals surface area contributed by atoms with Crippen molar-refractivity contribution < 1.29 is 4.79 Å². The molecule has 76 valence electrons. The molecule has 0 aromatic carbocycles. The first-order chi connectivity index (χ1) is 6.84. The van der Waals surface area contributed by atoms with Crippen LogP contribution in [0, 0.1) is 5.92 Å². The zero-order chi connectivity index (χ0) is 9.80. The summed E-state index contributed by atoms with van der Waals surface area (Å²) in [5.74, 6) is 1.42. The topological polar surface area (TPSA) is 69.8 Å². The molecule has 0 aliphatic carbocycles. The zero-order valence-electron chi connectivity index (χ0n) is 7.92. The molecule has 0 radical (unpaired) electrons. The van der Waals surface area contributed by atoms with Crippen molar-refractivity contribution in [2.45, 2.75) is 13.0 Å². The van der Waals surface area contributed by atoms with Gasteiger partial charge in [-0.15, -0.1) is 0 Å². The van der Waals surface area contributed by atoms with Crippen molar-refractivity contribution in [2.75, 3.05) is 13.1 Å². The van der Waals surface area contributed by atoms with E-state index in [4.69, 9.17) is 0 Å². The van der Waals surface area contributed by atoms with E-state index in [1.807, 2.05) is 0 Å². The monoisotopic (exact) mass is 194 g/mol. The summed E-state index contributed by atoms with van der Waals surface area (Å²) in [5.41, 5.74) is 0. The van der Waals surface area contributed by atoms with Crippen molar-refractivity contribution in [3.63, 3.8) is 0 Å². The van der Waals surface area contributed by atoms with Gasteiger partial charge in [0.1, 0.15) is 5.82 Å². The van der Waals surface area contributed by atoms with E-state index in [0.29, 0.717) is 18.9 Å². The fourth-order valence-electron chi connectivity index (χ4n) is 1.40. The van der Waals surface area contributed by atoms with Gasteiger partial charge in [-0.2, -0.15) is 0 Å². The third-order valence-corrected chi connectivity index (χ3v) is 2.35. The smallest absolute Gasteiger partial charge is 0.220 e. The van der Waals surface area contributed by atoms with E-state index >= 15 is 0 Å². The van der Waals surface area contributed by atoms with Crippen LogP contribution in [0.4, 0.5) is 0 Å². The van der Waals surface area contributed by atoms with Gasteiger partial charge in [0.25, 0.3) is 0 Å². The number of imidazole rings is 1. The third-order valence-electron chi connectivity index (χ3n) is 2.35. The normalized spacial score (nSPS) is 16.3. The molecule has 5 heteroatoms. The molecule has 0 spiro atoms. The average molecular weight is 194 g/mol. The van der Waals surface area contributed by atoms with Crippen LogP contribution >= 0.6 is 0 Å². The van der Waals surface area contributed by atoms with Crippen molar-refractivity contribution in [1.82, 2.24) is 20.6 Å². The largest absolute Gasteiger partial charge is 0.349 e. The predicted molar refractivity (Wildman–Crippen MR) is 51.4 cm³/mol. The van der Waals surface area contributed by atoms with Crippen molar-refractivity contribution in [1.29, 1.82) is 0 Å². The molecule has 1 saturated heterocycles. The maximum Gasteiger partial charge on any atom is 0.220 e. The Kier molecular flexibility index (Phi) is 2.78. The first-order valence-electron chi connectivity index (χ1n) is 4.80. The van der Waals surface area contributed by atoms with Crippen LogP contribution in [-0.2, 0) is 11.3 Å². The number of H-pyrrole nitrogens is 1. The van der Waals surface area contributed by atoms with Crippen LogP contribution in [0.15, 0.2) is 12.4 Å². The molecule has 1 aromatic heterocycles. The second-order valence-electron chi connectivity index (χ2n) is 3.54. The Morgan fingerprint density at radius 2 is 2.50 bits per heavy atom. The van der Waals surface area contributed by atoms with E-state index in [-0.39, 0.29) is 5.91 Å². The molecule has 1 fully saturated rings. The van der Waals surface area contributed by atoms with Crippen molar-refractivity contribution >= 4 is 5.91 Å². The number of hydrogen-bond acceptors (Lipinski definition) is 3. The van der Waals surface area contributed by atoms with Gasteiger partial charge in [-0.25, -0.2) is 4.98 Å². The summed E-state index contributed by atoms with van der Waals surface area (Å²) in [6.45, 7) is 2.42. The van der Waals surface area contributed by atoms with Gasteiger partial charge in [0, 0.05) is 18.8 Å². The maximum absolute atomic E-state index is 11.4. The summed E-state index contributed by atoms with van der Waals surface area (Å²) in [5, 5.41) is 5.96. The summed E-state index contributed by atoms with van der Waals surface area (Å²) >= 11 is 0. The van der Waals surface area contributed by atoms with Crippen LogP contribution < -0.4 is 10.6 Å². The predicted octanol–water partition coefficient (Wildman–Crippen LogP) is -0.365. The SMILES string of the molecule is O=C(CC1CNC1)NCc1ncc[nH]1. The van der Waals surface area contributed by atoms with Gasteiger partial charge in [-0.3, -0.25) is 4.79 Å². The lowest BCUT2D eigenvalue weighted by molar-refractivity contribution is -0.122. The van der Waals surface area contributed by atoms with E-state index in [2.05, 4.69) is 20.6 Å². The minimum atomic E-state index is 0.105. The summed E-state index contributed by atoms with van der Waals surface area (Å²) in [7, 11) is 0. The average Bonchev–Trinajstić information content (AvgIpc) is 2.60. The number of carbonyl (C=O) groups is 1. The van der Waals surface area contributed by atoms with Crippen molar-refractivity contribution in [3.05, 3.63) is 18.2 Å². The van der Waals surface area contributed by atoms with Crippen LogP contribution in [-0.4, -0.2) is 29.0 Å². The van der Waals surface area contributed by atoms with Gasteiger partial charge in [0.05, 0.1) is 6.54 Å². The molecule has 1 aliphatic heterocycles. The summed E-state index contributed by atoms with van der Waals surface area (Å²) in [6.07, 6.45) is 4.04. The molecular formula is C9H14N4O. The van der Waals surface area contributed by atoms with Crippen molar-refractivity contribution in [2.24, 2.45) is 5.92 Å². The molecule has 1 aliphatic rings. The zero-order valence-corrected chi connectivity index (χ0v) is 7.92. The fourth-order valence-corrected chi connectivity index (χ4v) is 1.40. The standard InChI is InChI=1S/C9H14N4O/c14-9(3-7-4-10-5-7)13-6-8-11-1-2-12-8/h1-2,7,10H,3-6H2,(H,11,12)(H,13,14). The quantitative estimate of drug-likeness (QED) is 0.613. The number of hydrogen-bond donors (Lipinski definition) is 3. The number of nitrogens with zero attached hydrogens (tertiary/aromatic N) is 1. The fraction of sp³-hybridized carbons (Fsp3) is 0.556. The Hall–Kier alpha value is -1.36. The molecular weight excluding hydrogens is 180 g/mol. The minimum Gasteiger partial charge on any atom is -0.349 e. The summed E-state index contributed by atoms with van der Waals surface area (Å²) in [6, 6.07) is 0. The number of nitrogens with one attached hydrogen (secondary N) is 3. The molecule has 14 heavy (non-hydrogen) atoms. The lowest BCUT2D eigenvalue weighted by atomic mass is 9.99. The molecule has 3 N–H and O–H groups in total. The lowest BCUT2D eigenvalue weighted by Gasteiger charge is -2.26. The van der Waals surface area contributed by atoms with Gasteiger partial charge in [-0.1, -0.05) is 0 Å². The highest BCUT2D eigenvalue weighted by molar-refractivity contribution is 5.76. The van der Waals surface area contributed by atoms with Crippen LogP contribution in [0.1, 0.15) is 12.2 Å². The second-order valence-corrected chi connectivity index (χ2v) is 3.54. The van der Waals surface area contributed by atoms with Crippen LogP contribution in [0.5, 0.6) is 0 Å². The number of aromatic nitrogens is 2. The van der Waals surface area contributed by atoms with Gasteiger partial charge >= 0.3 is 0 Å². The van der Waals surface area contributed by atoms with Gasteiger partial charge in [-0.05, 0) is 19.0 Å². The molecule has 0 atom stereocenters. The molecule has 2 heterocycles. The molecule has 0 bridgehead atoms. The molecule has 0 unspecified atom stereocenters. The van der Waals surface area contributed by atoms with Gasteiger partial charge < -0.3 is 15.6 Å². The van der Waals surface area contributed by atoms with E-state index < -0.39 is 0 Å². The van der Waals surface area contributed by atoms with E-state index in [0.717, 1.165) is 18.9 Å². The Morgan fingerprint density at radius 1 is 1.64 bits per heavy atom. The lowest BCUT2D eigenvalue weighted by Crippen LogP contribution is -2.44. The number of carbonyl (C=O) groups excluding carboxylic acids is 1. The molecule has 0 saturated carbocycles. The molecule has 5 nitrogen and oxygen atoms in total. The molecule has 2 rings (SSSR count). The Labute approximate surface area is 82.3 Å². The molecule has 1 amide bonds. The van der Waals surface area contributed by atoms with E-state index in [1.54, 1.807) is 12.4 Å². The Morgan fingerprint density at radius 3 is 3.07 bits per heavy atom. The van der Waals surface area contributed by atoms with Gasteiger partial charge in [0.2, 0.25) is 5.91 Å². The van der Waals surface area contributed by atoms with E-state index in [9.17, 15) is 4.79 Å². The van der Waals surface area contributed by atoms with Crippen LogP contribution in [0.2, 0.25) is 0 Å². The van der Waals surface area contributed by atoms with Crippen LogP contribution in [0.25, 0.3) is 0 Å². The summed E-state index contributed by atoms with van der Waals surface area (Å²) < 4.78 is 0. The number of rotatable bonds is 4. The van der Waals surface area contributed by atoms with Gasteiger partial charge in [0.15, 0.2) is 0 Å². The Balaban J connectivity index is 1.67.